The van der Waals surface area contributed by atoms with Crippen LogP contribution >= 0.6 is 0 Å². The van der Waals surface area contributed by atoms with E-state index in [1.54, 1.807) is 7.11 Å². The van der Waals surface area contributed by atoms with Crippen molar-refractivity contribution in [1.29, 1.82) is 0 Å². The smallest absolute Gasteiger partial charge is 0.121 e. The zero-order valence-electron chi connectivity index (χ0n) is 11.2. The van der Waals surface area contributed by atoms with Crippen molar-refractivity contribution in [2.45, 2.75) is 32.8 Å². The third kappa shape index (κ3) is 5.09. The first kappa shape index (κ1) is 13.8. The number of ether oxygens (including phenoxy) is 2. The van der Waals surface area contributed by atoms with Crippen LogP contribution in [0.3, 0.4) is 0 Å². The van der Waals surface area contributed by atoms with E-state index in [1.807, 2.05) is 31.2 Å². The average molecular weight is 237 g/mol. The van der Waals surface area contributed by atoms with Crippen LogP contribution in [0, 0.1) is 0 Å². The van der Waals surface area contributed by atoms with Crippen molar-refractivity contribution in [1.82, 2.24) is 0 Å². The Morgan fingerprint density at radius 1 is 1.29 bits per heavy atom. The minimum atomic E-state index is -0.0788. The molecule has 96 valence electrons. The second-order valence-corrected chi connectivity index (χ2v) is 4.60. The van der Waals surface area contributed by atoms with Crippen molar-refractivity contribution in [2.75, 3.05) is 25.6 Å². The van der Waals surface area contributed by atoms with Gasteiger partial charge in [-0.15, -0.1) is 0 Å². The van der Waals surface area contributed by atoms with Gasteiger partial charge >= 0.3 is 0 Å². The maximum Gasteiger partial charge on any atom is 0.121 e. The molecule has 0 amide bonds. The number of rotatable bonds is 7. The molecule has 0 fully saturated rings. The van der Waals surface area contributed by atoms with Crippen LogP contribution in [-0.2, 0) is 4.74 Å². The van der Waals surface area contributed by atoms with E-state index >= 15 is 0 Å². The normalized spacial score (nSPS) is 11.3. The number of hydrogen-bond donors (Lipinski definition) is 1. The first-order valence-corrected chi connectivity index (χ1v) is 6.09. The highest BCUT2D eigenvalue weighted by Gasteiger charge is 2.15. The molecule has 0 unspecified atom stereocenters. The molecule has 3 heteroatoms. The highest BCUT2D eigenvalue weighted by Crippen LogP contribution is 2.18. The minimum absolute atomic E-state index is 0.0788. The van der Waals surface area contributed by atoms with E-state index in [9.17, 15) is 0 Å². The number of hydrogen-bond acceptors (Lipinski definition) is 3. The van der Waals surface area contributed by atoms with E-state index in [4.69, 9.17) is 9.47 Å². The third-order valence-corrected chi connectivity index (χ3v) is 2.75. The van der Waals surface area contributed by atoms with E-state index in [0.717, 1.165) is 24.4 Å². The fourth-order valence-electron chi connectivity index (χ4n) is 1.47. The molecule has 17 heavy (non-hydrogen) atoms. The molecule has 1 aromatic rings. The second-order valence-electron chi connectivity index (χ2n) is 4.60. The average Bonchev–Trinajstić information content (AvgIpc) is 2.30. The zero-order chi connectivity index (χ0) is 12.7. The molecule has 1 aromatic carbocycles. The maximum absolute atomic E-state index is 5.45. The highest BCUT2D eigenvalue weighted by atomic mass is 16.5. The lowest BCUT2D eigenvalue weighted by Gasteiger charge is -2.23. The van der Waals surface area contributed by atoms with Gasteiger partial charge in [-0.05, 0) is 39.3 Å². The molecule has 0 heterocycles. The summed E-state index contributed by atoms with van der Waals surface area (Å²) in [5.74, 6) is 0.906. The topological polar surface area (TPSA) is 30.5 Å². The molecule has 0 aliphatic rings. The summed E-state index contributed by atoms with van der Waals surface area (Å²) in [7, 11) is 1.75. The lowest BCUT2D eigenvalue weighted by Crippen LogP contribution is -2.25. The third-order valence-electron chi connectivity index (χ3n) is 2.75. The predicted octanol–water partition coefficient (Wildman–Crippen LogP) is 3.31. The van der Waals surface area contributed by atoms with E-state index < -0.39 is 0 Å². The monoisotopic (exact) mass is 237 g/mol. The van der Waals surface area contributed by atoms with Crippen molar-refractivity contribution in [2.24, 2.45) is 0 Å². The van der Waals surface area contributed by atoms with Crippen molar-refractivity contribution in [3.63, 3.8) is 0 Å². The van der Waals surface area contributed by atoms with Gasteiger partial charge in [0.2, 0.25) is 0 Å². The summed E-state index contributed by atoms with van der Waals surface area (Å²) in [6.07, 6.45) is 0.961. The van der Waals surface area contributed by atoms with Crippen LogP contribution in [-0.4, -0.2) is 25.9 Å². The van der Waals surface area contributed by atoms with Gasteiger partial charge in [-0.3, -0.25) is 0 Å². The molecule has 0 aliphatic carbocycles. The SMILES string of the molecule is CCOc1cccc(NCCC(C)(C)OC)c1. The van der Waals surface area contributed by atoms with Gasteiger partial charge in [-0.25, -0.2) is 0 Å². The van der Waals surface area contributed by atoms with Crippen LogP contribution in [0.25, 0.3) is 0 Å². The van der Waals surface area contributed by atoms with Crippen LogP contribution in [0.5, 0.6) is 5.75 Å². The number of anilines is 1. The van der Waals surface area contributed by atoms with Gasteiger partial charge in [-0.1, -0.05) is 6.07 Å². The van der Waals surface area contributed by atoms with Crippen molar-refractivity contribution in [3.05, 3.63) is 24.3 Å². The zero-order valence-corrected chi connectivity index (χ0v) is 11.2. The molecule has 0 spiro atoms. The fourth-order valence-corrected chi connectivity index (χ4v) is 1.47. The molecule has 0 aromatic heterocycles. The Morgan fingerprint density at radius 3 is 2.71 bits per heavy atom. The van der Waals surface area contributed by atoms with Crippen LogP contribution in [0.4, 0.5) is 5.69 Å². The van der Waals surface area contributed by atoms with Gasteiger partial charge in [0.05, 0.1) is 12.2 Å². The first-order valence-electron chi connectivity index (χ1n) is 6.09. The summed E-state index contributed by atoms with van der Waals surface area (Å²) < 4.78 is 10.8. The quantitative estimate of drug-likeness (QED) is 0.789. The summed E-state index contributed by atoms with van der Waals surface area (Å²) in [6, 6.07) is 8.02. The van der Waals surface area contributed by atoms with E-state index in [0.29, 0.717) is 6.61 Å². The molecule has 0 aliphatic heterocycles. The molecular formula is C14H23NO2. The van der Waals surface area contributed by atoms with Crippen molar-refractivity contribution >= 4 is 5.69 Å². The van der Waals surface area contributed by atoms with E-state index in [2.05, 4.69) is 19.2 Å². The molecule has 1 N–H and O–H groups in total. The van der Waals surface area contributed by atoms with Gasteiger partial charge in [0, 0.05) is 25.4 Å². The number of methoxy groups -OCH3 is 1. The van der Waals surface area contributed by atoms with Crippen LogP contribution in [0.2, 0.25) is 0 Å². The largest absolute Gasteiger partial charge is 0.494 e. The number of nitrogens with one attached hydrogen (secondary N) is 1. The Morgan fingerprint density at radius 2 is 2.06 bits per heavy atom. The Balaban J connectivity index is 2.44. The molecule has 0 saturated heterocycles. The Kier molecular flexibility index (Phi) is 5.29. The first-order chi connectivity index (χ1) is 8.07. The van der Waals surface area contributed by atoms with Crippen LogP contribution < -0.4 is 10.1 Å². The van der Waals surface area contributed by atoms with Gasteiger partial charge < -0.3 is 14.8 Å². The van der Waals surface area contributed by atoms with Gasteiger partial charge in [-0.2, -0.15) is 0 Å². The van der Waals surface area contributed by atoms with E-state index in [-0.39, 0.29) is 5.60 Å². The van der Waals surface area contributed by atoms with Gasteiger partial charge in [0.25, 0.3) is 0 Å². The summed E-state index contributed by atoms with van der Waals surface area (Å²) in [5.41, 5.74) is 1.01. The second kappa shape index (κ2) is 6.50. The number of benzene rings is 1. The Labute approximate surface area is 104 Å². The minimum Gasteiger partial charge on any atom is -0.494 e. The van der Waals surface area contributed by atoms with E-state index in [1.165, 1.54) is 0 Å². The van der Waals surface area contributed by atoms with Gasteiger partial charge in [0.15, 0.2) is 0 Å². The maximum atomic E-state index is 5.45. The molecule has 1 rings (SSSR count). The molecule has 3 nitrogen and oxygen atoms in total. The van der Waals surface area contributed by atoms with Gasteiger partial charge in [0.1, 0.15) is 5.75 Å². The molecule has 0 atom stereocenters. The summed E-state index contributed by atoms with van der Waals surface area (Å²) in [6.45, 7) is 7.74. The summed E-state index contributed by atoms with van der Waals surface area (Å²) in [4.78, 5) is 0. The molecule has 0 bridgehead atoms. The Bertz CT molecular complexity index is 337. The Hall–Kier alpha value is -1.22. The van der Waals surface area contributed by atoms with Crippen molar-refractivity contribution < 1.29 is 9.47 Å². The summed E-state index contributed by atoms with van der Waals surface area (Å²) in [5, 5.41) is 3.37. The molecule has 0 radical (unpaired) electrons. The molecular weight excluding hydrogens is 214 g/mol. The molecule has 0 saturated carbocycles. The van der Waals surface area contributed by atoms with Crippen LogP contribution in [0.15, 0.2) is 24.3 Å². The standard InChI is InChI=1S/C14H23NO2/c1-5-17-13-8-6-7-12(11-13)15-10-9-14(2,3)16-4/h6-8,11,15H,5,9-10H2,1-4H3. The lowest BCUT2D eigenvalue weighted by atomic mass is 10.1. The van der Waals surface area contributed by atoms with Crippen molar-refractivity contribution in [3.8, 4) is 5.75 Å². The highest BCUT2D eigenvalue weighted by molar-refractivity contribution is 5.48. The lowest BCUT2D eigenvalue weighted by molar-refractivity contribution is 0.0185. The predicted molar refractivity (Wildman–Crippen MR) is 71.8 cm³/mol. The van der Waals surface area contributed by atoms with Crippen LogP contribution in [0.1, 0.15) is 27.2 Å². The fraction of sp³-hybridized carbons (Fsp3) is 0.571. The summed E-state index contributed by atoms with van der Waals surface area (Å²) >= 11 is 0.